The van der Waals surface area contributed by atoms with Crippen LogP contribution in [-0.2, 0) is 0 Å². The summed E-state index contributed by atoms with van der Waals surface area (Å²) in [6.45, 7) is 2.17. The maximum atomic E-state index is 6.33. The number of nitrogens with one attached hydrogen (secondary N) is 1. The van der Waals surface area contributed by atoms with Crippen LogP contribution in [0.5, 0.6) is 11.6 Å². The summed E-state index contributed by atoms with van der Waals surface area (Å²) in [7, 11) is 1.65. The normalized spacial score (nSPS) is 14.8. The second kappa shape index (κ2) is 9.00. The third kappa shape index (κ3) is 4.33. The molecule has 2 heterocycles. The number of ether oxygens (including phenoxy) is 2. The SMILES string of the molecule is CCCCSc1nnc2c(n1)OC(c1cc(OC)ccc1Br)Nc1ccccc1-2. The summed E-state index contributed by atoms with van der Waals surface area (Å²) in [4.78, 5) is 4.67. The average Bonchev–Trinajstić information content (AvgIpc) is 2.90. The number of hydrogen-bond donors (Lipinski definition) is 1. The van der Waals surface area contributed by atoms with Gasteiger partial charge in [-0.05, 0) is 30.7 Å². The van der Waals surface area contributed by atoms with Crippen molar-refractivity contribution in [3.05, 3.63) is 52.5 Å². The first-order valence-electron chi connectivity index (χ1n) is 9.43. The van der Waals surface area contributed by atoms with Gasteiger partial charge in [-0.3, -0.25) is 0 Å². The average molecular weight is 473 g/mol. The Labute approximate surface area is 182 Å². The summed E-state index contributed by atoms with van der Waals surface area (Å²) in [6.07, 6.45) is 1.77. The first-order chi connectivity index (χ1) is 14.2. The molecular weight excluding hydrogens is 452 g/mol. The number of unbranched alkanes of at least 4 members (excludes halogenated alkanes) is 1. The molecule has 0 spiro atoms. The first-order valence-corrected chi connectivity index (χ1v) is 11.2. The van der Waals surface area contributed by atoms with Crippen LogP contribution in [0.1, 0.15) is 31.6 Å². The van der Waals surface area contributed by atoms with Gasteiger partial charge in [-0.25, -0.2) is 0 Å². The minimum Gasteiger partial charge on any atom is -0.497 e. The van der Waals surface area contributed by atoms with Crippen molar-refractivity contribution < 1.29 is 9.47 Å². The summed E-state index contributed by atoms with van der Waals surface area (Å²) in [6, 6.07) is 13.7. The molecule has 0 fully saturated rings. The molecule has 1 unspecified atom stereocenters. The largest absolute Gasteiger partial charge is 0.497 e. The fraction of sp³-hybridized carbons (Fsp3) is 0.286. The lowest BCUT2D eigenvalue weighted by Gasteiger charge is -2.21. The van der Waals surface area contributed by atoms with Gasteiger partial charge in [0.05, 0.1) is 7.11 Å². The van der Waals surface area contributed by atoms with Crippen LogP contribution in [0.25, 0.3) is 11.3 Å². The lowest BCUT2D eigenvalue weighted by molar-refractivity contribution is 0.224. The molecule has 2 aromatic carbocycles. The number of aromatic nitrogens is 3. The van der Waals surface area contributed by atoms with Crippen LogP contribution in [0.4, 0.5) is 5.69 Å². The molecule has 150 valence electrons. The van der Waals surface area contributed by atoms with Crippen molar-refractivity contribution in [3.63, 3.8) is 0 Å². The molecule has 0 bridgehead atoms. The Kier molecular flexibility index (Phi) is 6.20. The van der Waals surface area contributed by atoms with Crippen molar-refractivity contribution in [2.75, 3.05) is 18.2 Å². The summed E-state index contributed by atoms with van der Waals surface area (Å²) in [5.41, 5.74) is 3.36. The minimum absolute atomic E-state index is 0.466. The van der Waals surface area contributed by atoms with E-state index >= 15 is 0 Å². The monoisotopic (exact) mass is 472 g/mol. The molecule has 4 rings (SSSR count). The Morgan fingerprint density at radius 3 is 2.90 bits per heavy atom. The number of anilines is 1. The molecule has 0 amide bonds. The number of hydrogen-bond acceptors (Lipinski definition) is 7. The van der Waals surface area contributed by atoms with Crippen LogP contribution in [0.3, 0.4) is 0 Å². The van der Waals surface area contributed by atoms with E-state index < -0.39 is 6.23 Å². The highest BCUT2D eigenvalue weighted by molar-refractivity contribution is 9.10. The van der Waals surface area contributed by atoms with Crippen molar-refractivity contribution in [1.29, 1.82) is 0 Å². The quantitative estimate of drug-likeness (QED) is 0.364. The van der Waals surface area contributed by atoms with Crippen molar-refractivity contribution in [2.24, 2.45) is 0 Å². The van der Waals surface area contributed by atoms with E-state index in [2.05, 4.69) is 43.4 Å². The molecule has 3 aromatic rings. The van der Waals surface area contributed by atoms with Crippen molar-refractivity contribution in [3.8, 4) is 22.9 Å². The van der Waals surface area contributed by atoms with Gasteiger partial charge < -0.3 is 14.8 Å². The maximum absolute atomic E-state index is 6.33. The number of fused-ring (bicyclic) bond motifs is 3. The molecule has 0 saturated carbocycles. The van der Waals surface area contributed by atoms with Crippen LogP contribution < -0.4 is 14.8 Å². The predicted molar refractivity (Wildman–Crippen MR) is 119 cm³/mol. The van der Waals surface area contributed by atoms with Crippen molar-refractivity contribution in [2.45, 2.75) is 31.1 Å². The van der Waals surface area contributed by atoms with E-state index in [0.29, 0.717) is 16.7 Å². The van der Waals surface area contributed by atoms with E-state index in [1.165, 1.54) is 0 Å². The van der Waals surface area contributed by atoms with Crippen LogP contribution in [0.2, 0.25) is 0 Å². The lowest BCUT2D eigenvalue weighted by atomic mass is 10.1. The molecule has 1 aliphatic heterocycles. The molecule has 1 N–H and O–H groups in total. The van der Waals surface area contributed by atoms with E-state index in [1.807, 2.05) is 42.5 Å². The van der Waals surface area contributed by atoms with E-state index in [9.17, 15) is 0 Å². The van der Waals surface area contributed by atoms with E-state index in [1.54, 1.807) is 18.9 Å². The minimum atomic E-state index is -0.466. The molecule has 1 atom stereocenters. The zero-order valence-electron chi connectivity index (χ0n) is 16.2. The third-order valence-corrected chi connectivity index (χ3v) is 6.19. The van der Waals surface area contributed by atoms with Crippen LogP contribution >= 0.6 is 27.7 Å². The molecule has 1 aromatic heterocycles. The number of benzene rings is 2. The Hall–Kier alpha value is -2.32. The Morgan fingerprint density at radius 1 is 1.21 bits per heavy atom. The number of methoxy groups -OCH3 is 1. The fourth-order valence-corrected chi connectivity index (χ4v) is 4.32. The summed E-state index contributed by atoms with van der Waals surface area (Å²) in [5.74, 6) is 2.18. The van der Waals surface area contributed by atoms with Crippen LogP contribution in [0, 0.1) is 0 Å². The molecule has 0 aliphatic carbocycles. The summed E-state index contributed by atoms with van der Waals surface area (Å²) in [5, 5.41) is 12.9. The zero-order valence-corrected chi connectivity index (χ0v) is 18.6. The highest BCUT2D eigenvalue weighted by atomic mass is 79.9. The van der Waals surface area contributed by atoms with Crippen LogP contribution in [-0.4, -0.2) is 28.0 Å². The highest BCUT2D eigenvalue weighted by Gasteiger charge is 2.27. The molecular formula is C21H21BrN4O2S. The van der Waals surface area contributed by atoms with Gasteiger partial charge in [-0.15, -0.1) is 10.2 Å². The number of halogens is 1. The molecule has 6 nitrogen and oxygen atoms in total. The van der Waals surface area contributed by atoms with E-state index in [-0.39, 0.29) is 0 Å². The predicted octanol–water partition coefficient (Wildman–Crippen LogP) is 5.71. The Balaban J connectivity index is 1.76. The van der Waals surface area contributed by atoms with Gasteiger partial charge in [0.1, 0.15) is 5.75 Å². The molecule has 1 aliphatic rings. The van der Waals surface area contributed by atoms with Gasteiger partial charge >= 0.3 is 0 Å². The van der Waals surface area contributed by atoms with Gasteiger partial charge in [0.15, 0.2) is 11.9 Å². The maximum Gasteiger partial charge on any atom is 0.247 e. The second-order valence-electron chi connectivity index (χ2n) is 6.53. The summed E-state index contributed by atoms with van der Waals surface area (Å²) < 4.78 is 12.6. The second-order valence-corrected chi connectivity index (χ2v) is 8.44. The highest BCUT2D eigenvalue weighted by Crippen LogP contribution is 2.41. The van der Waals surface area contributed by atoms with E-state index in [0.717, 1.165) is 45.6 Å². The van der Waals surface area contributed by atoms with Crippen molar-refractivity contribution >= 4 is 33.4 Å². The Morgan fingerprint density at radius 2 is 2.07 bits per heavy atom. The number of nitrogens with zero attached hydrogens (tertiary/aromatic N) is 3. The van der Waals surface area contributed by atoms with Crippen molar-refractivity contribution in [1.82, 2.24) is 15.2 Å². The van der Waals surface area contributed by atoms with Gasteiger partial charge in [0, 0.05) is 27.0 Å². The summed E-state index contributed by atoms with van der Waals surface area (Å²) >= 11 is 5.23. The van der Waals surface area contributed by atoms with Crippen LogP contribution in [0.15, 0.2) is 52.1 Å². The zero-order chi connectivity index (χ0) is 20.2. The number of thioether (sulfide) groups is 1. The van der Waals surface area contributed by atoms with E-state index in [4.69, 9.17) is 9.47 Å². The smallest absolute Gasteiger partial charge is 0.247 e. The van der Waals surface area contributed by atoms with Gasteiger partial charge in [-0.2, -0.15) is 4.98 Å². The lowest BCUT2D eigenvalue weighted by Crippen LogP contribution is -2.17. The standard InChI is InChI=1S/C21H21BrN4O2S/c1-3-4-11-29-21-24-20-18(25-26-21)14-7-5-6-8-17(14)23-19(28-20)15-12-13(27-2)9-10-16(15)22/h5-10,12,19,23H,3-4,11H2,1-2H3. The Bertz CT molecular complexity index is 1020. The van der Waals surface area contributed by atoms with Gasteiger partial charge in [-0.1, -0.05) is 59.2 Å². The number of para-hydroxylation sites is 1. The van der Waals surface area contributed by atoms with Gasteiger partial charge in [0.25, 0.3) is 0 Å². The first kappa shape index (κ1) is 20.0. The van der Waals surface area contributed by atoms with Gasteiger partial charge in [0.2, 0.25) is 11.0 Å². The molecule has 29 heavy (non-hydrogen) atoms. The third-order valence-electron chi connectivity index (χ3n) is 4.55. The number of rotatable bonds is 6. The fourth-order valence-electron chi connectivity index (χ4n) is 3.01. The molecule has 8 heteroatoms. The molecule has 0 saturated heterocycles. The molecule has 0 radical (unpaired) electrons. The topological polar surface area (TPSA) is 69.2 Å².